The largest absolute Gasteiger partial charge is 0.388 e. The van der Waals surface area contributed by atoms with E-state index in [2.05, 4.69) is 5.32 Å². The molecule has 0 saturated carbocycles. The van der Waals surface area contributed by atoms with Crippen LogP contribution in [-0.4, -0.2) is 11.0 Å². The zero-order valence-electron chi connectivity index (χ0n) is 15.1. The molecule has 0 fully saturated rings. The third-order valence-corrected chi connectivity index (χ3v) is 4.30. The SMILES string of the molecule is O=C(C/C=C/c1ccccc1)Nc1ccccc1CC(O)c1ccccc1. The maximum absolute atomic E-state index is 12.3. The van der Waals surface area contributed by atoms with E-state index in [0.717, 1.165) is 22.4 Å². The van der Waals surface area contributed by atoms with Gasteiger partial charge < -0.3 is 10.4 Å². The lowest BCUT2D eigenvalue weighted by Gasteiger charge is -2.15. The Bertz CT molecular complexity index is 889. The van der Waals surface area contributed by atoms with Crippen molar-refractivity contribution in [2.24, 2.45) is 0 Å². The topological polar surface area (TPSA) is 49.3 Å². The molecule has 0 radical (unpaired) electrons. The number of aliphatic hydroxyl groups excluding tert-OH is 1. The second-order valence-corrected chi connectivity index (χ2v) is 6.35. The van der Waals surface area contributed by atoms with E-state index in [1.165, 1.54) is 0 Å². The maximum atomic E-state index is 12.3. The van der Waals surface area contributed by atoms with Crippen molar-refractivity contribution in [2.45, 2.75) is 18.9 Å². The molecule has 0 aliphatic heterocycles. The molecule has 2 N–H and O–H groups in total. The molecule has 27 heavy (non-hydrogen) atoms. The minimum Gasteiger partial charge on any atom is -0.388 e. The molecule has 3 heteroatoms. The number of anilines is 1. The number of amides is 1. The van der Waals surface area contributed by atoms with Crippen molar-refractivity contribution in [1.82, 2.24) is 0 Å². The van der Waals surface area contributed by atoms with Gasteiger partial charge in [0.15, 0.2) is 0 Å². The summed E-state index contributed by atoms with van der Waals surface area (Å²) in [6.07, 6.45) is 3.92. The van der Waals surface area contributed by atoms with Crippen LogP contribution in [0.4, 0.5) is 5.69 Å². The van der Waals surface area contributed by atoms with Crippen molar-refractivity contribution in [3.8, 4) is 0 Å². The first-order chi connectivity index (χ1) is 13.2. The monoisotopic (exact) mass is 357 g/mol. The number of nitrogens with one attached hydrogen (secondary N) is 1. The molecule has 3 aromatic carbocycles. The highest BCUT2D eigenvalue weighted by atomic mass is 16.3. The van der Waals surface area contributed by atoms with Crippen molar-refractivity contribution in [2.75, 3.05) is 5.32 Å². The van der Waals surface area contributed by atoms with Crippen molar-refractivity contribution in [1.29, 1.82) is 0 Å². The van der Waals surface area contributed by atoms with Gasteiger partial charge in [-0.3, -0.25) is 4.79 Å². The first-order valence-electron chi connectivity index (χ1n) is 9.05. The number of para-hydroxylation sites is 1. The number of carbonyl (C=O) groups is 1. The Morgan fingerprint density at radius 1 is 0.889 bits per heavy atom. The molecule has 0 saturated heterocycles. The predicted octanol–water partition coefficient (Wildman–Crippen LogP) is 5.00. The van der Waals surface area contributed by atoms with Crippen LogP contribution in [0.1, 0.15) is 29.2 Å². The van der Waals surface area contributed by atoms with Crippen LogP contribution in [0.3, 0.4) is 0 Å². The van der Waals surface area contributed by atoms with Crippen LogP contribution in [0.15, 0.2) is 91.0 Å². The van der Waals surface area contributed by atoms with Gasteiger partial charge in [-0.15, -0.1) is 0 Å². The zero-order valence-corrected chi connectivity index (χ0v) is 15.1. The zero-order chi connectivity index (χ0) is 18.9. The highest BCUT2D eigenvalue weighted by Gasteiger charge is 2.12. The van der Waals surface area contributed by atoms with Gasteiger partial charge >= 0.3 is 0 Å². The molecule has 0 spiro atoms. The summed E-state index contributed by atoms with van der Waals surface area (Å²) in [5.41, 5.74) is 3.58. The Morgan fingerprint density at radius 2 is 1.52 bits per heavy atom. The first-order valence-corrected chi connectivity index (χ1v) is 9.05. The molecule has 0 aliphatic rings. The van der Waals surface area contributed by atoms with Gasteiger partial charge in [0, 0.05) is 18.5 Å². The summed E-state index contributed by atoms with van der Waals surface area (Å²) in [6.45, 7) is 0. The van der Waals surface area contributed by atoms with Crippen molar-refractivity contribution >= 4 is 17.7 Å². The number of benzene rings is 3. The predicted molar refractivity (Wildman–Crippen MR) is 110 cm³/mol. The molecule has 3 nitrogen and oxygen atoms in total. The van der Waals surface area contributed by atoms with Crippen LogP contribution in [0, 0.1) is 0 Å². The molecule has 136 valence electrons. The summed E-state index contributed by atoms with van der Waals surface area (Å²) >= 11 is 0. The van der Waals surface area contributed by atoms with Gasteiger partial charge in [-0.2, -0.15) is 0 Å². The minimum absolute atomic E-state index is 0.0798. The van der Waals surface area contributed by atoms with Crippen LogP contribution in [0.25, 0.3) is 6.08 Å². The lowest BCUT2D eigenvalue weighted by molar-refractivity contribution is -0.115. The Kier molecular flexibility index (Phi) is 6.55. The normalized spacial score (nSPS) is 12.0. The second kappa shape index (κ2) is 9.51. The Balaban J connectivity index is 1.61. The third-order valence-electron chi connectivity index (χ3n) is 4.30. The third kappa shape index (κ3) is 5.66. The Labute approximate surface area is 160 Å². The summed E-state index contributed by atoms with van der Waals surface area (Å²) in [5.74, 6) is -0.0798. The van der Waals surface area contributed by atoms with E-state index < -0.39 is 6.10 Å². The lowest BCUT2D eigenvalue weighted by Crippen LogP contribution is -2.13. The van der Waals surface area contributed by atoms with Gasteiger partial charge in [0.25, 0.3) is 0 Å². The highest BCUT2D eigenvalue weighted by Crippen LogP contribution is 2.23. The number of rotatable bonds is 7. The molecule has 3 rings (SSSR count). The number of hydrogen-bond acceptors (Lipinski definition) is 2. The Hall–Kier alpha value is -3.17. The van der Waals surface area contributed by atoms with Gasteiger partial charge in [-0.05, 0) is 22.8 Å². The molecule has 3 aromatic rings. The molecule has 1 atom stereocenters. The van der Waals surface area contributed by atoms with Gasteiger partial charge in [0.05, 0.1) is 6.10 Å². The quantitative estimate of drug-likeness (QED) is 0.625. The average Bonchev–Trinajstić information content (AvgIpc) is 2.71. The molecule has 0 aliphatic carbocycles. The lowest BCUT2D eigenvalue weighted by atomic mass is 10.00. The van der Waals surface area contributed by atoms with E-state index in [9.17, 15) is 9.90 Å². The fourth-order valence-corrected chi connectivity index (χ4v) is 2.89. The summed E-state index contributed by atoms with van der Waals surface area (Å²) in [5, 5.41) is 13.4. The van der Waals surface area contributed by atoms with Crippen LogP contribution >= 0.6 is 0 Å². The first kappa shape index (κ1) is 18.6. The fraction of sp³-hybridized carbons (Fsp3) is 0.125. The van der Waals surface area contributed by atoms with Crippen LogP contribution in [0.2, 0.25) is 0 Å². The van der Waals surface area contributed by atoms with E-state index >= 15 is 0 Å². The molecule has 0 bridgehead atoms. The number of aliphatic hydroxyl groups is 1. The van der Waals surface area contributed by atoms with Crippen LogP contribution in [0.5, 0.6) is 0 Å². The standard InChI is InChI=1S/C24H23NO2/c26-23(20-13-5-2-6-14-20)18-21-15-7-8-16-22(21)25-24(27)17-9-12-19-10-3-1-4-11-19/h1-16,23,26H,17-18H2,(H,25,27)/b12-9+. The van der Waals surface area contributed by atoms with E-state index in [1.807, 2.05) is 97.1 Å². The highest BCUT2D eigenvalue weighted by molar-refractivity contribution is 5.92. The number of carbonyl (C=O) groups excluding carboxylic acids is 1. The smallest absolute Gasteiger partial charge is 0.228 e. The van der Waals surface area contributed by atoms with E-state index in [0.29, 0.717) is 12.8 Å². The molecule has 0 aromatic heterocycles. The molecule has 0 heterocycles. The van der Waals surface area contributed by atoms with Gasteiger partial charge in [0.2, 0.25) is 5.91 Å². The molecular weight excluding hydrogens is 334 g/mol. The Morgan fingerprint density at radius 3 is 2.26 bits per heavy atom. The molecule has 1 amide bonds. The van der Waals surface area contributed by atoms with Gasteiger partial charge in [-0.1, -0.05) is 91.0 Å². The molecular formula is C24H23NO2. The van der Waals surface area contributed by atoms with Crippen molar-refractivity contribution in [3.63, 3.8) is 0 Å². The van der Waals surface area contributed by atoms with E-state index in [4.69, 9.17) is 0 Å². The van der Waals surface area contributed by atoms with Crippen LogP contribution < -0.4 is 5.32 Å². The van der Waals surface area contributed by atoms with E-state index in [-0.39, 0.29) is 5.91 Å². The summed E-state index contributed by atoms with van der Waals surface area (Å²) in [7, 11) is 0. The summed E-state index contributed by atoms with van der Waals surface area (Å²) < 4.78 is 0. The summed E-state index contributed by atoms with van der Waals surface area (Å²) in [6, 6.07) is 27.0. The molecule has 1 unspecified atom stereocenters. The maximum Gasteiger partial charge on any atom is 0.228 e. The van der Waals surface area contributed by atoms with Crippen molar-refractivity contribution in [3.05, 3.63) is 108 Å². The average molecular weight is 357 g/mol. The van der Waals surface area contributed by atoms with Gasteiger partial charge in [0.1, 0.15) is 0 Å². The van der Waals surface area contributed by atoms with Crippen LogP contribution in [-0.2, 0) is 11.2 Å². The summed E-state index contributed by atoms with van der Waals surface area (Å²) in [4.78, 5) is 12.3. The number of hydrogen-bond donors (Lipinski definition) is 2. The van der Waals surface area contributed by atoms with E-state index in [1.54, 1.807) is 0 Å². The second-order valence-electron chi connectivity index (χ2n) is 6.35. The fourth-order valence-electron chi connectivity index (χ4n) is 2.89. The van der Waals surface area contributed by atoms with Gasteiger partial charge in [-0.25, -0.2) is 0 Å². The minimum atomic E-state index is -0.609. The van der Waals surface area contributed by atoms with Crippen molar-refractivity contribution < 1.29 is 9.90 Å².